The van der Waals surface area contributed by atoms with E-state index in [4.69, 9.17) is 0 Å². The molecule has 0 aromatic carbocycles. The van der Waals surface area contributed by atoms with Gasteiger partial charge < -0.3 is 0 Å². The third-order valence-corrected chi connectivity index (χ3v) is 2.60. The Kier molecular flexibility index (Phi) is 2.43. The van der Waals surface area contributed by atoms with Crippen LogP contribution in [0.25, 0.3) is 0 Å². The number of rotatable bonds is 3. The van der Waals surface area contributed by atoms with Crippen molar-refractivity contribution in [1.82, 2.24) is 19.7 Å². The molecule has 0 saturated heterocycles. The van der Waals surface area contributed by atoms with Crippen LogP contribution < -0.4 is 4.72 Å². The van der Waals surface area contributed by atoms with Gasteiger partial charge in [0.2, 0.25) is 5.03 Å². The maximum atomic E-state index is 11.2. The summed E-state index contributed by atoms with van der Waals surface area (Å²) in [4.78, 5) is 0. The van der Waals surface area contributed by atoms with E-state index in [0.29, 0.717) is 6.54 Å². The fourth-order valence-electron chi connectivity index (χ4n) is 0.713. The number of hydrogen-bond donors (Lipinski definition) is 1. The zero-order valence-electron chi connectivity index (χ0n) is 6.85. The van der Waals surface area contributed by atoms with Gasteiger partial charge in [-0.2, -0.15) is 0 Å². The van der Waals surface area contributed by atoms with Gasteiger partial charge in [0.25, 0.3) is 10.0 Å². The second-order valence-corrected chi connectivity index (χ2v) is 3.95. The van der Waals surface area contributed by atoms with Crippen molar-refractivity contribution in [2.75, 3.05) is 6.54 Å². The van der Waals surface area contributed by atoms with E-state index in [0.717, 1.165) is 0 Å². The molecule has 0 aliphatic carbocycles. The summed E-state index contributed by atoms with van der Waals surface area (Å²) in [5.41, 5.74) is 0. The number of aromatic nitrogens is 3. The Hall–Kier alpha value is -0.950. The molecule has 7 heteroatoms. The Morgan fingerprint density at radius 3 is 2.75 bits per heavy atom. The highest BCUT2D eigenvalue weighted by Crippen LogP contribution is 2.00. The molecule has 0 fully saturated rings. The van der Waals surface area contributed by atoms with Gasteiger partial charge >= 0.3 is 0 Å². The summed E-state index contributed by atoms with van der Waals surface area (Å²) in [5, 5.41) is 6.93. The first kappa shape index (κ1) is 9.14. The molecule has 1 N–H and O–H groups in total. The van der Waals surface area contributed by atoms with Gasteiger partial charge in [-0.25, -0.2) is 13.1 Å². The van der Waals surface area contributed by atoms with Crippen LogP contribution in [0.15, 0.2) is 11.2 Å². The summed E-state index contributed by atoms with van der Waals surface area (Å²) in [6, 6.07) is 0. The lowest BCUT2D eigenvalue weighted by Gasteiger charge is -1.97. The Bertz CT molecular complexity index is 355. The summed E-state index contributed by atoms with van der Waals surface area (Å²) in [7, 11) is -1.82. The zero-order chi connectivity index (χ0) is 9.19. The second-order valence-electron chi connectivity index (χ2n) is 2.23. The lowest BCUT2D eigenvalue weighted by Crippen LogP contribution is -2.23. The molecular formula is C5H10N4O2S. The number of hydrogen-bond acceptors (Lipinski definition) is 4. The number of sulfonamides is 1. The first-order valence-corrected chi connectivity index (χ1v) is 4.90. The summed E-state index contributed by atoms with van der Waals surface area (Å²) in [5.74, 6) is 0. The van der Waals surface area contributed by atoms with Crippen molar-refractivity contribution in [3.63, 3.8) is 0 Å². The molecule has 0 amide bonds. The molecule has 1 rings (SSSR count). The quantitative estimate of drug-likeness (QED) is 0.671. The van der Waals surface area contributed by atoms with E-state index in [1.54, 1.807) is 14.0 Å². The maximum absolute atomic E-state index is 11.2. The van der Waals surface area contributed by atoms with E-state index in [1.165, 1.54) is 10.9 Å². The van der Waals surface area contributed by atoms with Gasteiger partial charge in [0.05, 0.1) is 6.20 Å². The average Bonchev–Trinajstić information content (AvgIpc) is 2.36. The van der Waals surface area contributed by atoms with E-state index in [2.05, 4.69) is 15.0 Å². The number of aryl methyl sites for hydroxylation is 1. The normalized spacial score (nSPS) is 11.8. The lowest BCUT2D eigenvalue weighted by atomic mass is 10.8. The third-order valence-electron chi connectivity index (χ3n) is 1.19. The van der Waals surface area contributed by atoms with Crippen LogP contribution >= 0.6 is 0 Å². The predicted molar refractivity (Wildman–Crippen MR) is 41.9 cm³/mol. The molecule has 0 radical (unpaired) electrons. The minimum Gasteiger partial charge on any atom is -0.254 e. The van der Waals surface area contributed by atoms with Crippen molar-refractivity contribution in [3.8, 4) is 0 Å². The summed E-state index contributed by atoms with van der Waals surface area (Å²) < 4.78 is 26.1. The Morgan fingerprint density at radius 1 is 1.67 bits per heavy atom. The topological polar surface area (TPSA) is 76.9 Å². The Balaban J connectivity index is 2.98. The SMILES string of the molecule is CCNS(=O)(=O)c1cn(C)nn1. The van der Waals surface area contributed by atoms with Crippen molar-refractivity contribution in [2.24, 2.45) is 7.05 Å². The van der Waals surface area contributed by atoms with E-state index in [9.17, 15) is 8.42 Å². The van der Waals surface area contributed by atoms with E-state index in [-0.39, 0.29) is 5.03 Å². The van der Waals surface area contributed by atoms with Crippen LogP contribution in [-0.4, -0.2) is 30.0 Å². The molecule has 1 heterocycles. The second kappa shape index (κ2) is 3.20. The molecule has 1 aromatic rings. The van der Waals surface area contributed by atoms with Gasteiger partial charge in [-0.05, 0) is 0 Å². The van der Waals surface area contributed by atoms with Crippen LogP contribution in [0, 0.1) is 0 Å². The minimum absolute atomic E-state index is 0.0492. The highest BCUT2D eigenvalue weighted by Gasteiger charge is 2.15. The van der Waals surface area contributed by atoms with Gasteiger partial charge in [-0.15, -0.1) is 5.10 Å². The molecule has 0 unspecified atom stereocenters. The van der Waals surface area contributed by atoms with E-state index < -0.39 is 10.0 Å². The Labute approximate surface area is 70.6 Å². The monoisotopic (exact) mass is 190 g/mol. The molecule has 0 aliphatic rings. The molecule has 1 aromatic heterocycles. The first-order valence-electron chi connectivity index (χ1n) is 3.42. The number of nitrogens with zero attached hydrogens (tertiary/aromatic N) is 3. The molecule has 0 saturated carbocycles. The largest absolute Gasteiger partial charge is 0.261 e. The van der Waals surface area contributed by atoms with Crippen molar-refractivity contribution in [3.05, 3.63) is 6.20 Å². The van der Waals surface area contributed by atoms with Gasteiger partial charge in [0, 0.05) is 13.6 Å². The highest BCUT2D eigenvalue weighted by molar-refractivity contribution is 7.89. The molecular weight excluding hydrogens is 180 g/mol. The molecule has 68 valence electrons. The van der Waals surface area contributed by atoms with Gasteiger partial charge in [-0.3, -0.25) is 4.68 Å². The molecule has 12 heavy (non-hydrogen) atoms. The van der Waals surface area contributed by atoms with Crippen LogP contribution in [0.1, 0.15) is 6.92 Å². The molecule has 0 atom stereocenters. The smallest absolute Gasteiger partial charge is 0.254 e. The van der Waals surface area contributed by atoms with Gasteiger partial charge in [0.1, 0.15) is 0 Å². The average molecular weight is 190 g/mol. The molecule has 0 aliphatic heterocycles. The van der Waals surface area contributed by atoms with Crippen molar-refractivity contribution >= 4 is 10.0 Å². The predicted octanol–water partition coefficient (Wildman–Crippen LogP) is -0.887. The lowest BCUT2D eigenvalue weighted by molar-refractivity contribution is 0.579. The van der Waals surface area contributed by atoms with Crippen molar-refractivity contribution < 1.29 is 8.42 Å². The minimum atomic E-state index is -3.43. The number of nitrogens with one attached hydrogen (secondary N) is 1. The summed E-state index contributed by atoms with van der Waals surface area (Å²) in [6.07, 6.45) is 1.35. The van der Waals surface area contributed by atoms with Crippen LogP contribution in [0.3, 0.4) is 0 Å². The molecule has 0 spiro atoms. The van der Waals surface area contributed by atoms with E-state index >= 15 is 0 Å². The van der Waals surface area contributed by atoms with Crippen molar-refractivity contribution in [1.29, 1.82) is 0 Å². The highest BCUT2D eigenvalue weighted by atomic mass is 32.2. The van der Waals surface area contributed by atoms with Gasteiger partial charge in [0.15, 0.2) is 0 Å². The third kappa shape index (κ3) is 1.80. The van der Waals surface area contributed by atoms with Gasteiger partial charge in [-0.1, -0.05) is 12.1 Å². The zero-order valence-corrected chi connectivity index (χ0v) is 7.67. The first-order chi connectivity index (χ1) is 5.56. The van der Waals surface area contributed by atoms with Crippen LogP contribution in [0.2, 0.25) is 0 Å². The standard InChI is InChI=1S/C5H10N4O2S/c1-3-6-12(10,11)5-4-9(2)8-7-5/h4,6H,3H2,1-2H3. The fraction of sp³-hybridized carbons (Fsp3) is 0.600. The molecule has 0 bridgehead atoms. The summed E-state index contributed by atoms with van der Waals surface area (Å²) in [6.45, 7) is 2.05. The summed E-state index contributed by atoms with van der Waals surface area (Å²) >= 11 is 0. The van der Waals surface area contributed by atoms with Crippen LogP contribution in [0.5, 0.6) is 0 Å². The van der Waals surface area contributed by atoms with Crippen LogP contribution in [-0.2, 0) is 17.1 Å². The Morgan fingerprint density at radius 2 is 2.33 bits per heavy atom. The molecule has 6 nitrogen and oxygen atoms in total. The fourth-order valence-corrected chi connectivity index (χ4v) is 1.68. The van der Waals surface area contributed by atoms with E-state index in [1.807, 2.05) is 0 Å². The van der Waals surface area contributed by atoms with Crippen LogP contribution in [0.4, 0.5) is 0 Å². The van der Waals surface area contributed by atoms with Crippen molar-refractivity contribution in [2.45, 2.75) is 11.9 Å². The maximum Gasteiger partial charge on any atom is 0.261 e.